The van der Waals surface area contributed by atoms with E-state index >= 15 is 0 Å². The van der Waals surface area contributed by atoms with Crippen molar-refractivity contribution >= 4 is 27.5 Å². The first-order valence-electron chi connectivity index (χ1n) is 8.53. The number of fused-ring (bicyclic) bond motifs is 1. The maximum atomic E-state index is 12.8. The zero-order chi connectivity index (χ0) is 19.6. The molecule has 1 aliphatic rings. The number of halogens is 1. The van der Waals surface area contributed by atoms with Gasteiger partial charge in [-0.3, -0.25) is 4.79 Å². The quantitative estimate of drug-likeness (QED) is 0.825. The molecule has 0 saturated heterocycles. The zero-order valence-corrected chi connectivity index (χ0v) is 16.7. The molecule has 0 unspecified atom stereocenters. The first kappa shape index (κ1) is 19.7. The number of rotatable bonds is 5. The molecule has 144 valence electrons. The van der Waals surface area contributed by atoms with Crippen molar-refractivity contribution in [3.63, 3.8) is 0 Å². The minimum atomic E-state index is -3.98. The zero-order valence-electron chi connectivity index (χ0n) is 15.1. The standard InChI is InChI=1S/C19H21ClN2O4S/c1-13(19(23)22-10-9-14-5-3-4-6-15(14)12-22)21-27(24,25)18-11-16(20)7-8-17(18)26-2/h3-8,11,13,21H,9-10,12H2,1-2H3/t13-/m1/s1. The summed E-state index contributed by atoms with van der Waals surface area (Å²) in [5, 5.41) is 0.266. The normalized spacial score (nSPS) is 15.1. The molecular formula is C19H21ClN2O4S. The number of hydrogen-bond donors (Lipinski definition) is 1. The van der Waals surface area contributed by atoms with E-state index < -0.39 is 16.1 Å². The summed E-state index contributed by atoms with van der Waals surface area (Å²) < 4.78 is 33.0. The number of ether oxygens (including phenoxy) is 1. The number of carbonyl (C=O) groups is 1. The van der Waals surface area contributed by atoms with Crippen LogP contribution in [0.5, 0.6) is 5.75 Å². The molecule has 1 aliphatic heterocycles. The largest absolute Gasteiger partial charge is 0.495 e. The van der Waals surface area contributed by atoms with Crippen LogP contribution in [-0.4, -0.2) is 38.9 Å². The fourth-order valence-electron chi connectivity index (χ4n) is 3.16. The molecule has 0 radical (unpaired) electrons. The van der Waals surface area contributed by atoms with Crippen molar-refractivity contribution in [1.82, 2.24) is 9.62 Å². The van der Waals surface area contributed by atoms with Crippen LogP contribution in [0, 0.1) is 0 Å². The van der Waals surface area contributed by atoms with Crippen molar-refractivity contribution in [3.8, 4) is 5.75 Å². The molecule has 0 aliphatic carbocycles. The van der Waals surface area contributed by atoms with Crippen LogP contribution in [0.4, 0.5) is 0 Å². The van der Waals surface area contributed by atoms with Crippen LogP contribution in [0.25, 0.3) is 0 Å². The number of carbonyl (C=O) groups excluding carboxylic acids is 1. The summed E-state index contributed by atoms with van der Waals surface area (Å²) >= 11 is 5.93. The van der Waals surface area contributed by atoms with E-state index in [1.165, 1.54) is 31.7 Å². The van der Waals surface area contributed by atoms with E-state index in [2.05, 4.69) is 10.8 Å². The van der Waals surface area contributed by atoms with Gasteiger partial charge in [-0.05, 0) is 42.7 Å². The molecule has 0 bridgehead atoms. The number of hydrogen-bond acceptors (Lipinski definition) is 4. The Morgan fingerprint density at radius 3 is 2.63 bits per heavy atom. The lowest BCUT2D eigenvalue weighted by atomic mass is 9.99. The van der Waals surface area contributed by atoms with E-state index in [-0.39, 0.29) is 21.6 Å². The fourth-order valence-corrected chi connectivity index (χ4v) is 4.79. The van der Waals surface area contributed by atoms with Gasteiger partial charge in [-0.15, -0.1) is 0 Å². The second kappa shape index (κ2) is 7.88. The minimum Gasteiger partial charge on any atom is -0.495 e. The topological polar surface area (TPSA) is 75.7 Å². The van der Waals surface area contributed by atoms with Gasteiger partial charge in [0.25, 0.3) is 0 Å². The van der Waals surface area contributed by atoms with Crippen LogP contribution < -0.4 is 9.46 Å². The Balaban J connectivity index is 1.76. The molecule has 3 rings (SSSR count). The molecular weight excluding hydrogens is 388 g/mol. The van der Waals surface area contributed by atoms with Crippen LogP contribution in [0.2, 0.25) is 5.02 Å². The van der Waals surface area contributed by atoms with Crippen molar-refractivity contribution in [2.45, 2.75) is 30.8 Å². The van der Waals surface area contributed by atoms with Crippen LogP contribution in [0.1, 0.15) is 18.1 Å². The van der Waals surface area contributed by atoms with Crippen molar-refractivity contribution in [2.75, 3.05) is 13.7 Å². The van der Waals surface area contributed by atoms with Crippen LogP contribution in [-0.2, 0) is 27.8 Å². The average molecular weight is 409 g/mol. The molecule has 2 aromatic carbocycles. The van der Waals surface area contributed by atoms with Crippen molar-refractivity contribution < 1.29 is 17.9 Å². The third kappa shape index (κ3) is 4.26. The van der Waals surface area contributed by atoms with Gasteiger partial charge in [-0.25, -0.2) is 8.42 Å². The van der Waals surface area contributed by atoms with E-state index in [0.717, 1.165) is 12.0 Å². The minimum absolute atomic E-state index is 0.0962. The highest BCUT2D eigenvalue weighted by Gasteiger charge is 2.29. The molecule has 8 heteroatoms. The van der Waals surface area contributed by atoms with Gasteiger partial charge in [-0.1, -0.05) is 35.9 Å². The van der Waals surface area contributed by atoms with Gasteiger partial charge in [-0.2, -0.15) is 4.72 Å². The SMILES string of the molecule is COc1ccc(Cl)cc1S(=O)(=O)N[C@H](C)C(=O)N1CCc2ccccc2C1. The monoisotopic (exact) mass is 408 g/mol. The molecule has 1 N–H and O–H groups in total. The lowest BCUT2D eigenvalue weighted by Gasteiger charge is -2.31. The number of benzene rings is 2. The lowest BCUT2D eigenvalue weighted by molar-refractivity contribution is -0.133. The number of nitrogens with zero attached hydrogens (tertiary/aromatic N) is 1. The number of sulfonamides is 1. The van der Waals surface area contributed by atoms with Gasteiger partial charge in [0.1, 0.15) is 10.6 Å². The smallest absolute Gasteiger partial charge is 0.245 e. The average Bonchev–Trinajstić information content (AvgIpc) is 2.66. The van der Waals surface area contributed by atoms with Crippen LogP contribution in [0.15, 0.2) is 47.4 Å². The lowest BCUT2D eigenvalue weighted by Crippen LogP contribution is -2.48. The fraction of sp³-hybridized carbons (Fsp3) is 0.316. The molecule has 2 aromatic rings. The molecule has 0 saturated carbocycles. The highest BCUT2D eigenvalue weighted by Crippen LogP contribution is 2.27. The maximum absolute atomic E-state index is 12.8. The third-order valence-electron chi connectivity index (χ3n) is 4.56. The summed E-state index contributed by atoms with van der Waals surface area (Å²) in [5.74, 6) is -0.104. The number of amides is 1. The van der Waals surface area contributed by atoms with E-state index in [0.29, 0.717) is 13.1 Å². The summed E-state index contributed by atoms with van der Waals surface area (Å²) in [6.07, 6.45) is 0.753. The maximum Gasteiger partial charge on any atom is 0.245 e. The van der Waals surface area contributed by atoms with Crippen molar-refractivity contribution in [3.05, 3.63) is 58.6 Å². The Hall–Kier alpha value is -2.09. The summed E-state index contributed by atoms with van der Waals surface area (Å²) in [6.45, 7) is 2.57. The second-order valence-corrected chi connectivity index (χ2v) is 8.54. The predicted octanol–water partition coefficient (Wildman–Crippen LogP) is 2.60. The van der Waals surface area contributed by atoms with E-state index in [4.69, 9.17) is 16.3 Å². The van der Waals surface area contributed by atoms with E-state index in [1.807, 2.05) is 18.2 Å². The molecule has 1 atom stereocenters. The summed E-state index contributed by atoms with van der Waals surface area (Å²) in [4.78, 5) is 14.4. The number of nitrogens with one attached hydrogen (secondary N) is 1. The number of methoxy groups -OCH3 is 1. The first-order chi connectivity index (χ1) is 12.8. The molecule has 1 amide bonds. The summed E-state index contributed by atoms with van der Waals surface area (Å²) in [6, 6.07) is 11.4. The molecule has 1 heterocycles. The van der Waals surface area contributed by atoms with Gasteiger partial charge in [0.15, 0.2) is 0 Å². The van der Waals surface area contributed by atoms with Crippen molar-refractivity contribution in [2.24, 2.45) is 0 Å². The Morgan fingerprint density at radius 1 is 1.22 bits per heavy atom. The van der Waals surface area contributed by atoms with E-state index in [9.17, 15) is 13.2 Å². The van der Waals surface area contributed by atoms with Gasteiger partial charge in [0.2, 0.25) is 15.9 Å². The van der Waals surface area contributed by atoms with Gasteiger partial charge in [0.05, 0.1) is 13.2 Å². The summed E-state index contributed by atoms with van der Waals surface area (Å²) in [5.41, 5.74) is 2.31. The molecule has 27 heavy (non-hydrogen) atoms. The first-order valence-corrected chi connectivity index (χ1v) is 10.4. The Bertz CT molecular complexity index is 962. The van der Waals surface area contributed by atoms with Gasteiger partial charge >= 0.3 is 0 Å². The Labute approximate surface area is 164 Å². The molecule has 0 aromatic heterocycles. The second-order valence-electron chi connectivity index (χ2n) is 6.42. The summed E-state index contributed by atoms with van der Waals surface area (Å²) in [7, 11) is -2.60. The third-order valence-corrected chi connectivity index (χ3v) is 6.36. The highest BCUT2D eigenvalue weighted by molar-refractivity contribution is 7.89. The van der Waals surface area contributed by atoms with Crippen molar-refractivity contribution in [1.29, 1.82) is 0 Å². The Morgan fingerprint density at radius 2 is 1.93 bits per heavy atom. The van der Waals surface area contributed by atoms with Gasteiger partial charge in [0, 0.05) is 18.1 Å². The van der Waals surface area contributed by atoms with Crippen LogP contribution >= 0.6 is 11.6 Å². The molecule has 6 nitrogen and oxygen atoms in total. The molecule has 0 spiro atoms. The van der Waals surface area contributed by atoms with E-state index in [1.54, 1.807) is 11.0 Å². The highest BCUT2D eigenvalue weighted by atomic mass is 35.5. The van der Waals surface area contributed by atoms with Crippen LogP contribution in [0.3, 0.4) is 0 Å². The van der Waals surface area contributed by atoms with Gasteiger partial charge < -0.3 is 9.64 Å². The predicted molar refractivity (Wildman–Crippen MR) is 103 cm³/mol. The molecule has 0 fully saturated rings. The Kier molecular flexibility index (Phi) is 5.74.